The number of nitrogens with zero attached hydrogens (tertiary/aromatic N) is 1. The van der Waals surface area contributed by atoms with Crippen LogP contribution in [0.3, 0.4) is 0 Å². The van der Waals surface area contributed by atoms with Crippen LogP contribution in [0.2, 0.25) is 0 Å². The first-order valence-corrected chi connectivity index (χ1v) is 6.51. The third-order valence-corrected chi connectivity index (χ3v) is 3.55. The maximum Gasteiger partial charge on any atom is 0.126 e. The van der Waals surface area contributed by atoms with Gasteiger partial charge in [-0.15, -0.1) is 0 Å². The smallest absolute Gasteiger partial charge is 0.126 e. The van der Waals surface area contributed by atoms with Crippen LogP contribution in [0.1, 0.15) is 19.8 Å². The molecule has 1 fully saturated rings. The molecule has 0 aromatic carbocycles. The highest BCUT2D eigenvalue weighted by atomic mass is 79.9. The molecule has 0 radical (unpaired) electrons. The Morgan fingerprint density at radius 3 is 2.81 bits per heavy atom. The standard InChI is InChI=1S/C12H17BrN2O/c1-9(10-4-6-16-7-5-10)15-12-3-2-11(13)8-14-12/h2-3,8-10H,4-7H2,1H3,(H,14,15). The molecule has 1 atom stereocenters. The molecule has 0 spiro atoms. The molecule has 0 amide bonds. The van der Waals surface area contributed by atoms with Gasteiger partial charge in [0.05, 0.1) is 0 Å². The van der Waals surface area contributed by atoms with Crippen LogP contribution >= 0.6 is 15.9 Å². The van der Waals surface area contributed by atoms with Gasteiger partial charge >= 0.3 is 0 Å². The van der Waals surface area contributed by atoms with Crippen molar-refractivity contribution in [3.05, 3.63) is 22.8 Å². The number of ether oxygens (including phenoxy) is 1. The second kappa shape index (κ2) is 5.64. The van der Waals surface area contributed by atoms with Gasteiger partial charge < -0.3 is 10.1 Å². The van der Waals surface area contributed by atoms with Gasteiger partial charge in [0, 0.05) is 29.9 Å². The lowest BCUT2D eigenvalue weighted by Crippen LogP contribution is -2.31. The lowest BCUT2D eigenvalue weighted by molar-refractivity contribution is 0.0622. The molecule has 1 N–H and O–H groups in total. The van der Waals surface area contributed by atoms with Crippen LogP contribution in [0.4, 0.5) is 5.82 Å². The predicted octanol–water partition coefficient (Wildman–Crippen LogP) is 3.07. The van der Waals surface area contributed by atoms with Crippen LogP contribution in [0.15, 0.2) is 22.8 Å². The Bertz CT molecular complexity index is 322. The molecule has 1 saturated heterocycles. The minimum absolute atomic E-state index is 0.456. The van der Waals surface area contributed by atoms with E-state index < -0.39 is 0 Å². The van der Waals surface area contributed by atoms with Gasteiger partial charge in [0.15, 0.2) is 0 Å². The summed E-state index contributed by atoms with van der Waals surface area (Å²) in [5, 5.41) is 3.45. The fourth-order valence-electron chi connectivity index (χ4n) is 2.03. The van der Waals surface area contributed by atoms with Gasteiger partial charge in [-0.2, -0.15) is 0 Å². The topological polar surface area (TPSA) is 34.2 Å². The molecule has 1 unspecified atom stereocenters. The predicted molar refractivity (Wildman–Crippen MR) is 68.6 cm³/mol. The third kappa shape index (κ3) is 3.19. The SMILES string of the molecule is CC(Nc1ccc(Br)cn1)C1CCOCC1. The van der Waals surface area contributed by atoms with E-state index in [9.17, 15) is 0 Å². The number of hydrogen-bond donors (Lipinski definition) is 1. The summed E-state index contributed by atoms with van der Waals surface area (Å²) in [4.78, 5) is 4.32. The second-order valence-electron chi connectivity index (χ2n) is 4.24. The average Bonchev–Trinajstić information content (AvgIpc) is 2.33. The van der Waals surface area contributed by atoms with Gasteiger partial charge in [-0.1, -0.05) is 0 Å². The van der Waals surface area contributed by atoms with Gasteiger partial charge in [0.25, 0.3) is 0 Å². The summed E-state index contributed by atoms with van der Waals surface area (Å²) >= 11 is 3.38. The van der Waals surface area contributed by atoms with Crippen LogP contribution in [0, 0.1) is 5.92 Å². The highest BCUT2D eigenvalue weighted by Crippen LogP contribution is 2.21. The molecule has 2 heterocycles. The van der Waals surface area contributed by atoms with Crippen molar-refractivity contribution in [2.45, 2.75) is 25.8 Å². The van der Waals surface area contributed by atoms with Gasteiger partial charge in [-0.25, -0.2) is 4.98 Å². The van der Waals surface area contributed by atoms with E-state index in [1.165, 1.54) is 0 Å². The first-order valence-electron chi connectivity index (χ1n) is 5.71. The number of hydrogen-bond acceptors (Lipinski definition) is 3. The molecule has 0 bridgehead atoms. The Hall–Kier alpha value is -0.610. The summed E-state index contributed by atoms with van der Waals surface area (Å²) in [5.41, 5.74) is 0. The largest absolute Gasteiger partial charge is 0.381 e. The monoisotopic (exact) mass is 284 g/mol. The molecule has 2 rings (SSSR count). The molecule has 1 aliphatic rings. The van der Waals surface area contributed by atoms with E-state index in [0.717, 1.165) is 36.3 Å². The van der Waals surface area contributed by atoms with E-state index in [0.29, 0.717) is 12.0 Å². The average molecular weight is 285 g/mol. The molecule has 1 aromatic heterocycles. The van der Waals surface area contributed by atoms with Crippen molar-refractivity contribution < 1.29 is 4.74 Å². The van der Waals surface area contributed by atoms with Crippen molar-refractivity contribution in [1.82, 2.24) is 4.98 Å². The van der Waals surface area contributed by atoms with E-state index in [1.54, 1.807) is 0 Å². The Morgan fingerprint density at radius 1 is 1.44 bits per heavy atom. The van der Waals surface area contributed by atoms with Crippen LogP contribution in [-0.4, -0.2) is 24.2 Å². The number of halogens is 1. The number of anilines is 1. The van der Waals surface area contributed by atoms with Crippen molar-refractivity contribution in [2.75, 3.05) is 18.5 Å². The van der Waals surface area contributed by atoms with E-state index >= 15 is 0 Å². The van der Waals surface area contributed by atoms with Crippen molar-refractivity contribution in [3.63, 3.8) is 0 Å². The zero-order chi connectivity index (χ0) is 11.4. The zero-order valence-corrected chi connectivity index (χ0v) is 11.0. The van der Waals surface area contributed by atoms with Crippen LogP contribution < -0.4 is 5.32 Å². The molecule has 88 valence electrons. The summed E-state index contributed by atoms with van der Waals surface area (Å²) in [6.07, 6.45) is 4.11. The van der Waals surface area contributed by atoms with Gasteiger partial charge in [-0.3, -0.25) is 0 Å². The molecular formula is C12H17BrN2O. The summed E-state index contributed by atoms with van der Waals surface area (Å²) in [6, 6.07) is 4.46. The van der Waals surface area contributed by atoms with Crippen molar-refractivity contribution in [2.24, 2.45) is 5.92 Å². The number of aromatic nitrogens is 1. The van der Waals surface area contributed by atoms with Crippen molar-refractivity contribution >= 4 is 21.7 Å². The molecule has 16 heavy (non-hydrogen) atoms. The van der Waals surface area contributed by atoms with E-state index in [2.05, 4.69) is 33.2 Å². The molecule has 4 heteroatoms. The summed E-state index contributed by atoms with van der Waals surface area (Å²) in [5.74, 6) is 1.64. The normalized spacial score (nSPS) is 19.4. The van der Waals surface area contributed by atoms with Crippen LogP contribution in [0.5, 0.6) is 0 Å². The number of rotatable bonds is 3. The van der Waals surface area contributed by atoms with E-state index in [1.807, 2.05) is 18.3 Å². The van der Waals surface area contributed by atoms with Crippen LogP contribution in [-0.2, 0) is 4.74 Å². The molecule has 3 nitrogen and oxygen atoms in total. The Labute approximate surface area is 105 Å². The highest BCUT2D eigenvalue weighted by Gasteiger charge is 2.20. The molecular weight excluding hydrogens is 268 g/mol. The fourth-order valence-corrected chi connectivity index (χ4v) is 2.26. The number of pyridine rings is 1. The minimum Gasteiger partial charge on any atom is -0.381 e. The molecule has 0 aliphatic carbocycles. The maximum absolute atomic E-state index is 5.37. The molecule has 1 aromatic rings. The zero-order valence-electron chi connectivity index (χ0n) is 9.45. The van der Waals surface area contributed by atoms with Crippen molar-refractivity contribution in [1.29, 1.82) is 0 Å². The Morgan fingerprint density at radius 2 is 2.19 bits per heavy atom. The first kappa shape index (κ1) is 11.9. The summed E-state index contributed by atoms with van der Waals surface area (Å²) < 4.78 is 6.38. The maximum atomic E-state index is 5.37. The van der Waals surface area contributed by atoms with Crippen LogP contribution in [0.25, 0.3) is 0 Å². The Kier molecular flexibility index (Phi) is 4.18. The minimum atomic E-state index is 0.456. The lowest BCUT2D eigenvalue weighted by atomic mass is 9.93. The molecule has 1 aliphatic heterocycles. The van der Waals surface area contributed by atoms with Gasteiger partial charge in [0.2, 0.25) is 0 Å². The fraction of sp³-hybridized carbons (Fsp3) is 0.583. The summed E-state index contributed by atoms with van der Waals surface area (Å²) in [7, 11) is 0. The highest BCUT2D eigenvalue weighted by molar-refractivity contribution is 9.10. The first-order chi connectivity index (χ1) is 7.75. The van der Waals surface area contributed by atoms with E-state index in [4.69, 9.17) is 4.74 Å². The number of nitrogens with one attached hydrogen (secondary N) is 1. The van der Waals surface area contributed by atoms with E-state index in [-0.39, 0.29) is 0 Å². The lowest BCUT2D eigenvalue weighted by Gasteiger charge is -2.28. The van der Waals surface area contributed by atoms with Gasteiger partial charge in [-0.05, 0) is 53.7 Å². The molecule has 0 saturated carbocycles. The van der Waals surface area contributed by atoms with Crippen molar-refractivity contribution in [3.8, 4) is 0 Å². The summed E-state index contributed by atoms with van der Waals surface area (Å²) in [6.45, 7) is 4.01. The Balaban J connectivity index is 1.90. The quantitative estimate of drug-likeness (QED) is 0.926. The van der Waals surface area contributed by atoms with Gasteiger partial charge in [0.1, 0.15) is 5.82 Å². The third-order valence-electron chi connectivity index (χ3n) is 3.08. The second-order valence-corrected chi connectivity index (χ2v) is 5.16.